The predicted molar refractivity (Wildman–Crippen MR) is 56.7 cm³/mol. The normalized spacial score (nSPS) is 12.3. The highest BCUT2D eigenvalue weighted by molar-refractivity contribution is 7.86. The van der Waals surface area contributed by atoms with E-state index in [1.807, 2.05) is 6.92 Å². The maximum atomic E-state index is 11.7. The van der Waals surface area contributed by atoms with Gasteiger partial charge in [-0.25, -0.2) is 0 Å². The molecule has 0 aromatic carbocycles. The van der Waals surface area contributed by atoms with Gasteiger partial charge in [0.2, 0.25) is 0 Å². The lowest BCUT2D eigenvalue weighted by molar-refractivity contribution is -0.137. The number of hydrogen-bond donors (Lipinski definition) is 1. The molecule has 0 fully saturated rings. The monoisotopic (exact) mass is 238 g/mol. The molecule has 7 heteroatoms. The molecular weight excluding hydrogens is 220 g/mol. The Morgan fingerprint density at radius 3 is 2.13 bits per heavy atom. The summed E-state index contributed by atoms with van der Waals surface area (Å²) < 4.78 is 25.7. The smallest absolute Gasteiger partial charge is 0.304 e. The van der Waals surface area contributed by atoms with E-state index in [4.69, 9.17) is 5.11 Å². The van der Waals surface area contributed by atoms with Gasteiger partial charge in [-0.1, -0.05) is 6.92 Å². The van der Waals surface area contributed by atoms with Crippen LogP contribution in [0.25, 0.3) is 0 Å². The van der Waals surface area contributed by atoms with Gasteiger partial charge in [0, 0.05) is 27.2 Å². The molecule has 0 bridgehead atoms. The Balaban J connectivity index is 4.58. The zero-order chi connectivity index (χ0) is 12.1. The zero-order valence-electron chi connectivity index (χ0n) is 9.30. The molecule has 0 heterocycles. The molecule has 0 aliphatic rings. The highest BCUT2D eigenvalue weighted by Crippen LogP contribution is 2.06. The van der Waals surface area contributed by atoms with Gasteiger partial charge in [-0.15, -0.1) is 0 Å². The van der Waals surface area contributed by atoms with Crippen LogP contribution in [0.2, 0.25) is 0 Å². The summed E-state index contributed by atoms with van der Waals surface area (Å²) in [5.74, 6) is -0.995. The van der Waals surface area contributed by atoms with Crippen molar-refractivity contribution in [3.63, 3.8) is 0 Å². The van der Waals surface area contributed by atoms with Gasteiger partial charge in [-0.05, 0) is 6.42 Å². The maximum absolute atomic E-state index is 11.7. The molecule has 0 atom stereocenters. The van der Waals surface area contributed by atoms with Gasteiger partial charge in [0.25, 0.3) is 10.2 Å². The number of carboxylic acids is 1. The minimum absolute atomic E-state index is 0.0175. The minimum atomic E-state index is -3.49. The fourth-order valence-corrected chi connectivity index (χ4v) is 2.24. The second kappa shape index (κ2) is 6.04. The highest BCUT2D eigenvalue weighted by Gasteiger charge is 2.23. The fraction of sp³-hybridized carbons (Fsp3) is 0.875. The van der Waals surface area contributed by atoms with Gasteiger partial charge >= 0.3 is 5.97 Å². The summed E-state index contributed by atoms with van der Waals surface area (Å²) in [6.07, 6.45) is 0.486. The van der Waals surface area contributed by atoms with Gasteiger partial charge in [0.1, 0.15) is 0 Å². The summed E-state index contributed by atoms with van der Waals surface area (Å²) in [4.78, 5) is 10.4. The number of aliphatic carboxylic acids is 1. The highest BCUT2D eigenvalue weighted by atomic mass is 32.2. The summed E-state index contributed by atoms with van der Waals surface area (Å²) in [6, 6.07) is 0. The third kappa shape index (κ3) is 4.59. The lowest BCUT2D eigenvalue weighted by atomic mass is 10.4. The maximum Gasteiger partial charge on any atom is 0.304 e. The Hall–Kier alpha value is -0.660. The van der Waals surface area contributed by atoms with Crippen LogP contribution in [-0.4, -0.2) is 55.3 Å². The quantitative estimate of drug-likeness (QED) is 0.676. The number of carboxylic acid groups (broad SMARTS) is 1. The SMILES string of the molecule is CCCN(CCC(=O)O)S(=O)(=O)N(C)C. The molecular formula is C8H18N2O4S. The molecule has 0 saturated carbocycles. The second-order valence-corrected chi connectivity index (χ2v) is 5.48. The third-order valence-electron chi connectivity index (χ3n) is 1.84. The summed E-state index contributed by atoms with van der Waals surface area (Å²) in [7, 11) is -0.635. The van der Waals surface area contributed by atoms with E-state index in [0.717, 1.165) is 4.31 Å². The molecule has 0 radical (unpaired) electrons. The van der Waals surface area contributed by atoms with E-state index in [-0.39, 0.29) is 13.0 Å². The van der Waals surface area contributed by atoms with E-state index < -0.39 is 16.2 Å². The van der Waals surface area contributed by atoms with E-state index in [1.54, 1.807) is 0 Å². The topological polar surface area (TPSA) is 77.9 Å². The molecule has 0 rings (SSSR count). The van der Waals surface area contributed by atoms with Crippen LogP contribution in [0.3, 0.4) is 0 Å². The Morgan fingerprint density at radius 1 is 1.27 bits per heavy atom. The van der Waals surface area contributed by atoms with Gasteiger partial charge in [0.05, 0.1) is 6.42 Å². The summed E-state index contributed by atoms with van der Waals surface area (Å²) >= 11 is 0. The Bertz CT molecular complexity index is 300. The Morgan fingerprint density at radius 2 is 1.80 bits per heavy atom. The first-order chi connectivity index (χ1) is 6.82. The number of hydrogen-bond acceptors (Lipinski definition) is 3. The Labute approximate surface area is 90.7 Å². The van der Waals surface area contributed by atoms with Crippen molar-refractivity contribution in [2.45, 2.75) is 19.8 Å². The van der Waals surface area contributed by atoms with Crippen LogP contribution in [0.15, 0.2) is 0 Å². The first kappa shape index (κ1) is 14.3. The molecule has 15 heavy (non-hydrogen) atoms. The first-order valence-corrected chi connectivity index (χ1v) is 6.11. The summed E-state index contributed by atoms with van der Waals surface area (Å²) in [6.45, 7) is 2.20. The van der Waals surface area contributed by atoms with Crippen LogP contribution in [0, 0.1) is 0 Å². The molecule has 90 valence electrons. The van der Waals surface area contributed by atoms with Crippen molar-refractivity contribution in [2.75, 3.05) is 27.2 Å². The lowest BCUT2D eigenvalue weighted by Gasteiger charge is -2.24. The second-order valence-electron chi connectivity index (χ2n) is 3.33. The van der Waals surface area contributed by atoms with Crippen LogP contribution in [0.4, 0.5) is 0 Å². The van der Waals surface area contributed by atoms with Crippen LogP contribution in [-0.2, 0) is 15.0 Å². The minimum Gasteiger partial charge on any atom is -0.481 e. The van der Waals surface area contributed by atoms with Crippen molar-refractivity contribution < 1.29 is 18.3 Å². The average Bonchev–Trinajstić information content (AvgIpc) is 2.11. The van der Waals surface area contributed by atoms with E-state index >= 15 is 0 Å². The number of carbonyl (C=O) groups is 1. The standard InChI is InChI=1S/C8H18N2O4S/c1-4-6-10(7-5-8(11)12)15(13,14)9(2)3/h4-7H2,1-3H3,(H,11,12). The molecule has 6 nitrogen and oxygen atoms in total. The van der Waals surface area contributed by atoms with Gasteiger partial charge < -0.3 is 5.11 Å². The Kier molecular flexibility index (Phi) is 5.77. The predicted octanol–water partition coefficient (Wildman–Crippen LogP) is -0.0205. The van der Waals surface area contributed by atoms with Crippen LogP contribution in [0.5, 0.6) is 0 Å². The van der Waals surface area contributed by atoms with Gasteiger partial charge in [0.15, 0.2) is 0 Å². The van der Waals surface area contributed by atoms with Crippen molar-refractivity contribution in [1.82, 2.24) is 8.61 Å². The van der Waals surface area contributed by atoms with E-state index in [1.165, 1.54) is 18.4 Å². The van der Waals surface area contributed by atoms with Crippen LogP contribution < -0.4 is 0 Å². The van der Waals surface area contributed by atoms with E-state index in [9.17, 15) is 13.2 Å². The lowest BCUT2D eigenvalue weighted by Crippen LogP contribution is -2.41. The van der Waals surface area contributed by atoms with Crippen molar-refractivity contribution >= 4 is 16.2 Å². The fourth-order valence-electron chi connectivity index (χ4n) is 1.04. The summed E-state index contributed by atoms with van der Waals surface area (Å²) in [5, 5.41) is 8.50. The first-order valence-electron chi connectivity index (χ1n) is 4.71. The van der Waals surface area contributed by atoms with Crippen LogP contribution >= 0.6 is 0 Å². The molecule has 0 amide bonds. The van der Waals surface area contributed by atoms with Crippen molar-refractivity contribution in [3.05, 3.63) is 0 Å². The third-order valence-corrected chi connectivity index (χ3v) is 3.78. The van der Waals surface area contributed by atoms with Crippen molar-refractivity contribution in [2.24, 2.45) is 0 Å². The van der Waals surface area contributed by atoms with Gasteiger partial charge in [-0.3, -0.25) is 4.79 Å². The molecule has 1 N–H and O–H groups in total. The molecule has 0 spiro atoms. The van der Waals surface area contributed by atoms with E-state index in [0.29, 0.717) is 13.0 Å². The van der Waals surface area contributed by atoms with E-state index in [2.05, 4.69) is 0 Å². The molecule has 0 aromatic heterocycles. The molecule has 0 saturated heterocycles. The molecule has 0 aliphatic heterocycles. The zero-order valence-corrected chi connectivity index (χ0v) is 10.1. The van der Waals surface area contributed by atoms with Gasteiger partial charge in [-0.2, -0.15) is 17.0 Å². The van der Waals surface area contributed by atoms with Crippen molar-refractivity contribution in [1.29, 1.82) is 0 Å². The molecule has 0 aromatic rings. The van der Waals surface area contributed by atoms with Crippen LogP contribution in [0.1, 0.15) is 19.8 Å². The largest absolute Gasteiger partial charge is 0.481 e. The summed E-state index contributed by atoms with van der Waals surface area (Å²) in [5.41, 5.74) is 0. The average molecular weight is 238 g/mol. The van der Waals surface area contributed by atoms with Crippen molar-refractivity contribution in [3.8, 4) is 0 Å². The number of rotatable bonds is 7. The molecule has 0 aliphatic carbocycles. The molecule has 0 unspecified atom stereocenters. The number of nitrogens with zero attached hydrogens (tertiary/aromatic N) is 2.